The molecule has 0 fully saturated rings. The van der Waals surface area contributed by atoms with E-state index < -0.39 is 8.32 Å². The summed E-state index contributed by atoms with van der Waals surface area (Å²) in [5.74, 6) is 0. The second-order valence-corrected chi connectivity index (χ2v) is 7.70. The van der Waals surface area contributed by atoms with Gasteiger partial charge in [-0.05, 0) is 33.0 Å². The highest BCUT2D eigenvalue weighted by molar-refractivity contribution is 6.69. The van der Waals surface area contributed by atoms with Crippen molar-refractivity contribution in [2.24, 2.45) is 0 Å². The van der Waals surface area contributed by atoms with Crippen LogP contribution in [-0.2, 0) is 4.43 Å². The van der Waals surface area contributed by atoms with Crippen LogP contribution in [0.3, 0.4) is 0 Å². The van der Waals surface area contributed by atoms with E-state index in [1.807, 2.05) is 0 Å². The molecule has 0 aromatic rings. The van der Waals surface area contributed by atoms with Crippen LogP contribution in [0.5, 0.6) is 0 Å². The van der Waals surface area contributed by atoms with Crippen LogP contribution in [0.25, 0.3) is 0 Å². The first-order valence-corrected chi connectivity index (χ1v) is 6.88. The molecule has 0 amide bonds. The summed E-state index contributed by atoms with van der Waals surface area (Å²) < 4.78 is 5.64. The van der Waals surface area contributed by atoms with Gasteiger partial charge in [0.05, 0.1) is 6.10 Å². The second kappa shape index (κ2) is 3.37. The van der Waals surface area contributed by atoms with Gasteiger partial charge < -0.3 is 4.43 Å². The lowest BCUT2D eigenvalue weighted by atomic mass is 10.3. The Morgan fingerprint density at radius 2 is 1.78 bits per heavy atom. The molecular formula is C7H17OSi. The van der Waals surface area contributed by atoms with Crippen LogP contribution in [0.4, 0.5) is 0 Å². The Morgan fingerprint density at radius 1 is 1.33 bits per heavy atom. The lowest BCUT2D eigenvalue weighted by Crippen LogP contribution is -2.26. The molecule has 0 aromatic heterocycles. The van der Waals surface area contributed by atoms with E-state index in [0.29, 0.717) is 0 Å². The summed E-state index contributed by atoms with van der Waals surface area (Å²) in [4.78, 5) is 0. The van der Waals surface area contributed by atoms with Crippen LogP contribution in [0.15, 0.2) is 0 Å². The van der Waals surface area contributed by atoms with Crippen molar-refractivity contribution in [1.29, 1.82) is 0 Å². The first-order valence-electron chi connectivity index (χ1n) is 3.47. The Labute approximate surface area is 59.5 Å². The molecule has 55 valence electrons. The Morgan fingerprint density at radius 3 is 1.89 bits per heavy atom. The maximum Gasteiger partial charge on any atom is 0.184 e. The summed E-state index contributed by atoms with van der Waals surface area (Å²) in [6.45, 7) is 10.8. The molecule has 0 atom stereocenters. The molecule has 0 heterocycles. The zero-order chi connectivity index (χ0) is 7.49. The smallest absolute Gasteiger partial charge is 0.184 e. The van der Waals surface area contributed by atoms with E-state index in [9.17, 15) is 0 Å². The van der Waals surface area contributed by atoms with Crippen LogP contribution < -0.4 is 0 Å². The largest absolute Gasteiger partial charge is 0.410 e. The average Bonchev–Trinajstić information content (AvgIpc) is 1.62. The van der Waals surface area contributed by atoms with Crippen LogP contribution in [0.1, 0.15) is 20.3 Å². The molecule has 0 spiro atoms. The van der Waals surface area contributed by atoms with Gasteiger partial charge in [0.15, 0.2) is 8.32 Å². The van der Waals surface area contributed by atoms with Gasteiger partial charge in [-0.3, -0.25) is 0 Å². The van der Waals surface area contributed by atoms with Crippen LogP contribution in [0, 0.1) is 6.10 Å². The van der Waals surface area contributed by atoms with Crippen LogP contribution in [0.2, 0.25) is 19.6 Å². The maximum absolute atomic E-state index is 5.64. The Balaban J connectivity index is 3.47. The normalized spacial score (nSPS) is 12.7. The van der Waals surface area contributed by atoms with Crippen molar-refractivity contribution in [1.82, 2.24) is 0 Å². The summed E-state index contributed by atoms with van der Waals surface area (Å²) in [5.41, 5.74) is 0. The van der Waals surface area contributed by atoms with Crippen molar-refractivity contribution in [3.63, 3.8) is 0 Å². The molecule has 1 nitrogen and oxygen atoms in total. The highest BCUT2D eigenvalue weighted by Crippen LogP contribution is 2.14. The van der Waals surface area contributed by atoms with E-state index in [1.54, 1.807) is 0 Å². The molecule has 1 radical (unpaired) electrons. The fourth-order valence-electron chi connectivity index (χ4n) is 0.595. The first kappa shape index (κ1) is 9.18. The van der Waals surface area contributed by atoms with Gasteiger partial charge in [-0.1, -0.05) is 6.92 Å². The number of hydrogen-bond acceptors (Lipinski definition) is 1. The highest BCUT2D eigenvalue weighted by atomic mass is 28.4. The number of hydrogen-bond donors (Lipinski definition) is 0. The van der Waals surface area contributed by atoms with Crippen molar-refractivity contribution in [3.05, 3.63) is 6.10 Å². The summed E-state index contributed by atoms with van der Waals surface area (Å²) in [7, 11) is -1.28. The summed E-state index contributed by atoms with van der Waals surface area (Å²) in [6, 6.07) is 0. The van der Waals surface area contributed by atoms with E-state index in [1.165, 1.54) is 6.10 Å². The third kappa shape index (κ3) is 6.06. The predicted octanol–water partition coefficient (Wildman–Crippen LogP) is 2.80. The minimum absolute atomic E-state index is 1.05. The predicted molar refractivity (Wildman–Crippen MR) is 43.6 cm³/mol. The Kier molecular flexibility index (Phi) is 3.44. The lowest BCUT2D eigenvalue weighted by Gasteiger charge is -2.21. The zero-order valence-electron chi connectivity index (χ0n) is 7.12. The highest BCUT2D eigenvalue weighted by Gasteiger charge is 2.17. The van der Waals surface area contributed by atoms with Crippen molar-refractivity contribution < 1.29 is 4.43 Å². The maximum atomic E-state index is 5.64. The van der Waals surface area contributed by atoms with Crippen LogP contribution >= 0.6 is 0 Å². The molecule has 0 N–H and O–H groups in total. The molecule has 0 unspecified atom stereocenters. The molecule has 9 heavy (non-hydrogen) atoms. The minimum atomic E-state index is -1.28. The Hall–Kier alpha value is 0.177. The second-order valence-electron chi connectivity index (χ2n) is 3.27. The van der Waals surface area contributed by atoms with Crippen LogP contribution in [-0.4, -0.2) is 8.32 Å². The van der Waals surface area contributed by atoms with Gasteiger partial charge in [0, 0.05) is 0 Å². The van der Waals surface area contributed by atoms with E-state index >= 15 is 0 Å². The topological polar surface area (TPSA) is 9.23 Å². The lowest BCUT2D eigenvalue weighted by molar-refractivity contribution is 0.318. The van der Waals surface area contributed by atoms with Gasteiger partial charge in [-0.15, -0.1) is 0 Å². The summed E-state index contributed by atoms with van der Waals surface area (Å²) in [5, 5.41) is 0. The quantitative estimate of drug-likeness (QED) is 0.555. The van der Waals surface area contributed by atoms with Gasteiger partial charge in [0.25, 0.3) is 0 Å². The molecule has 0 rings (SSSR count). The van der Waals surface area contributed by atoms with Gasteiger partial charge in [0.2, 0.25) is 0 Å². The van der Waals surface area contributed by atoms with Crippen molar-refractivity contribution in [3.8, 4) is 0 Å². The van der Waals surface area contributed by atoms with Crippen molar-refractivity contribution in [2.45, 2.75) is 39.9 Å². The zero-order valence-corrected chi connectivity index (χ0v) is 8.12. The molecule has 0 aliphatic heterocycles. The number of rotatable bonds is 3. The molecule has 0 aromatic carbocycles. The van der Waals surface area contributed by atoms with E-state index in [4.69, 9.17) is 4.43 Å². The van der Waals surface area contributed by atoms with E-state index in [-0.39, 0.29) is 0 Å². The fraction of sp³-hybridized carbons (Fsp3) is 0.857. The molecule has 0 aliphatic carbocycles. The third-order valence-electron chi connectivity index (χ3n) is 0.978. The van der Waals surface area contributed by atoms with Crippen molar-refractivity contribution in [2.75, 3.05) is 0 Å². The van der Waals surface area contributed by atoms with Gasteiger partial charge in [-0.25, -0.2) is 0 Å². The minimum Gasteiger partial charge on any atom is -0.410 e. The standard InChI is InChI=1S/C7H17OSi/c1-6-7(2)8-9(3,4)5/h6H2,1-5H3. The monoisotopic (exact) mass is 145 g/mol. The Bertz CT molecular complexity index is 75.5. The first-order chi connectivity index (χ1) is 3.95. The molecule has 0 aliphatic rings. The van der Waals surface area contributed by atoms with Crippen molar-refractivity contribution >= 4 is 8.32 Å². The van der Waals surface area contributed by atoms with Gasteiger partial charge >= 0.3 is 0 Å². The molecule has 0 saturated heterocycles. The summed E-state index contributed by atoms with van der Waals surface area (Å²) >= 11 is 0. The average molecular weight is 145 g/mol. The molecule has 2 heteroatoms. The molecule has 0 saturated carbocycles. The van der Waals surface area contributed by atoms with Gasteiger partial charge in [-0.2, -0.15) is 0 Å². The van der Waals surface area contributed by atoms with Gasteiger partial charge in [0.1, 0.15) is 0 Å². The summed E-state index contributed by atoms with van der Waals surface area (Å²) in [6.07, 6.45) is 2.22. The van der Waals surface area contributed by atoms with E-state index in [0.717, 1.165) is 6.42 Å². The fourth-order valence-corrected chi connectivity index (χ4v) is 1.78. The SMILES string of the molecule is CC[C](C)O[Si](C)(C)C. The third-order valence-corrected chi connectivity index (χ3v) is 1.94. The molecule has 0 bridgehead atoms. The molecular weight excluding hydrogens is 128 g/mol. The van der Waals surface area contributed by atoms with E-state index in [2.05, 4.69) is 33.5 Å².